The van der Waals surface area contributed by atoms with E-state index in [1.54, 1.807) is 0 Å². The molecule has 1 nitrogen and oxygen atoms in total. The number of hydrogen-bond acceptors (Lipinski definition) is 2. The van der Waals surface area contributed by atoms with Crippen molar-refractivity contribution in [3.8, 4) is 0 Å². The van der Waals surface area contributed by atoms with E-state index in [0.717, 1.165) is 6.92 Å². The average molecular weight is 302 g/mol. The third-order valence-corrected chi connectivity index (χ3v) is 1.87. The van der Waals surface area contributed by atoms with E-state index in [2.05, 4.69) is 12.6 Å². The van der Waals surface area contributed by atoms with Crippen LogP contribution in [0.2, 0.25) is 0 Å². The highest BCUT2D eigenvalue weighted by Gasteiger charge is 2.77. The van der Waals surface area contributed by atoms with Crippen LogP contribution in [-0.2, 0) is 4.79 Å². The lowest BCUT2D eigenvalue weighted by molar-refractivity contribution is -0.326. The first-order valence-corrected chi connectivity index (χ1v) is 4.56. The average Bonchev–Trinajstić information content (AvgIpc) is 2.15. The molecule has 106 valence electrons. The molecule has 0 aliphatic rings. The maximum atomic E-state index is 12.8. The van der Waals surface area contributed by atoms with Crippen molar-refractivity contribution in [2.45, 2.75) is 31.1 Å². The Bertz CT molecular complexity index is 358. The second-order valence-corrected chi connectivity index (χ2v) is 3.93. The van der Waals surface area contributed by atoms with Gasteiger partial charge < -0.3 is 0 Å². The van der Waals surface area contributed by atoms with E-state index in [0.29, 0.717) is 0 Å². The maximum absolute atomic E-state index is 12.8. The number of halogens is 8. The Kier molecular flexibility index (Phi) is 4.83. The van der Waals surface area contributed by atoms with Gasteiger partial charge >= 0.3 is 24.2 Å². The molecule has 0 N–H and O–H groups in total. The van der Waals surface area contributed by atoms with Crippen LogP contribution in [0.15, 0.2) is 11.0 Å². The van der Waals surface area contributed by atoms with Crippen molar-refractivity contribution < 1.29 is 39.9 Å². The topological polar surface area (TPSA) is 17.1 Å². The van der Waals surface area contributed by atoms with Crippen LogP contribution in [0.3, 0.4) is 0 Å². The highest BCUT2D eigenvalue weighted by Crippen LogP contribution is 2.49. The summed E-state index contributed by atoms with van der Waals surface area (Å²) in [6.07, 6.45) is -5.20. The van der Waals surface area contributed by atoms with Crippen molar-refractivity contribution in [1.29, 1.82) is 0 Å². The van der Waals surface area contributed by atoms with E-state index in [4.69, 9.17) is 0 Å². The molecule has 0 aromatic heterocycles. The highest BCUT2D eigenvalue weighted by molar-refractivity contribution is 7.84. The number of carbonyl (C=O) groups excluding carboxylic acids is 1. The predicted octanol–water partition coefficient (Wildman–Crippen LogP) is 3.56. The maximum Gasteiger partial charge on any atom is 0.385 e. The van der Waals surface area contributed by atoms with Crippen LogP contribution in [0.5, 0.6) is 0 Å². The summed E-state index contributed by atoms with van der Waals surface area (Å²) in [4.78, 5) is 10.2. The summed E-state index contributed by atoms with van der Waals surface area (Å²) >= 11 is 3.30. The lowest BCUT2D eigenvalue weighted by atomic mass is 10.0. The van der Waals surface area contributed by atoms with Gasteiger partial charge in [0.2, 0.25) is 5.78 Å². The van der Waals surface area contributed by atoms with Crippen LogP contribution < -0.4 is 0 Å². The summed E-state index contributed by atoms with van der Waals surface area (Å²) in [5, 5.41) is 0. The Morgan fingerprint density at radius 2 is 1.50 bits per heavy atom. The zero-order chi connectivity index (χ0) is 14.9. The van der Waals surface area contributed by atoms with E-state index in [1.165, 1.54) is 0 Å². The predicted molar refractivity (Wildman–Crippen MR) is 48.6 cm³/mol. The number of carbonyl (C=O) groups is 1. The van der Waals surface area contributed by atoms with E-state index < -0.39 is 34.9 Å². The number of thiol groups is 1. The molecule has 18 heavy (non-hydrogen) atoms. The van der Waals surface area contributed by atoms with Gasteiger partial charge in [-0.05, 0) is 17.9 Å². The minimum atomic E-state index is -6.52. The third-order valence-electron chi connectivity index (χ3n) is 1.74. The molecule has 0 saturated carbocycles. The largest absolute Gasteiger partial charge is 0.385 e. The van der Waals surface area contributed by atoms with Gasteiger partial charge in [0.25, 0.3) is 0 Å². The fraction of sp³-hybridized carbons (Fsp3) is 0.625. The van der Waals surface area contributed by atoms with Crippen LogP contribution in [0.25, 0.3) is 0 Å². The van der Waals surface area contributed by atoms with Crippen molar-refractivity contribution in [2.24, 2.45) is 0 Å². The van der Waals surface area contributed by atoms with Crippen molar-refractivity contribution in [2.75, 3.05) is 0 Å². The zero-order valence-electron chi connectivity index (χ0n) is 8.53. The van der Waals surface area contributed by atoms with Crippen molar-refractivity contribution in [3.05, 3.63) is 11.0 Å². The normalized spacial score (nSPS) is 15.2. The van der Waals surface area contributed by atoms with Crippen LogP contribution in [0, 0.1) is 0 Å². The Labute approximate surface area is 101 Å². The van der Waals surface area contributed by atoms with Crippen molar-refractivity contribution in [1.82, 2.24) is 0 Å². The molecule has 0 aromatic rings. The smallest absolute Gasteiger partial charge is 0.288 e. The summed E-state index contributed by atoms with van der Waals surface area (Å²) in [7, 11) is 0. The van der Waals surface area contributed by atoms with Gasteiger partial charge in [-0.2, -0.15) is 26.3 Å². The van der Waals surface area contributed by atoms with Gasteiger partial charge in [-0.1, -0.05) is 0 Å². The molecule has 0 amide bonds. The monoisotopic (exact) mass is 302 g/mol. The molecule has 0 aliphatic carbocycles. The lowest BCUT2D eigenvalue weighted by Crippen LogP contribution is -2.60. The van der Waals surface area contributed by atoms with Gasteiger partial charge in [0, 0.05) is 0 Å². The number of allylic oxidation sites excluding steroid dienone is 2. The molecule has 0 atom stereocenters. The molecule has 0 bridgehead atoms. The Hall–Kier alpha value is -0.800. The van der Waals surface area contributed by atoms with Gasteiger partial charge in [0.1, 0.15) is 0 Å². The summed E-state index contributed by atoms with van der Waals surface area (Å²) in [5.41, 5.74) is 0. The van der Waals surface area contributed by atoms with Crippen molar-refractivity contribution in [3.63, 3.8) is 0 Å². The first-order chi connectivity index (χ1) is 7.78. The highest BCUT2D eigenvalue weighted by atomic mass is 32.1. The molecule has 0 spiro atoms. The molecular weight excluding hydrogens is 296 g/mol. The molecule has 0 aromatic carbocycles. The van der Waals surface area contributed by atoms with E-state index in [1.807, 2.05) is 0 Å². The van der Waals surface area contributed by atoms with Gasteiger partial charge in [-0.25, -0.2) is 8.78 Å². The molecule has 0 fully saturated rings. The van der Waals surface area contributed by atoms with Crippen LogP contribution in [0.4, 0.5) is 35.1 Å². The Morgan fingerprint density at radius 3 is 1.78 bits per heavy atom. The van der Waals surface area contributed by atoms with E-state index in [-0.39, 0.29) is 6.08 Å². The molecule has 0 heterocycles. The SMILES string of the molecule is CC(S)=CC(=O)C(F)(F)C(F)(F)C(F)(F)C(F)F. The summed E-state index contributed by atoms with van der Waals surface area (Å²) in [6.45, 7) is 0.931. The summed E-state index contributed by atoms with van der Waals surface area (Å²) in [5.74, 6) is -21.6. The van der Waals surface area contributed by atoms with Crippen LogP contribution in [0.1, 0.15) is 6.92 Å². The minimum absolute atomic E-state index is 0.154. The molecule has 0 radical (unpaired) electrons. The van der Waals surface area contributed by atoms with Gasteiger partial charge in [0.05, 0.1) is 0 Å². The minimum Gasteiger partial charge on any atom is -0.288 e. The van der Waals surface area contributed by atoms with E-state index in [9.17, 15) is 39.9 Å². The first kappa shape index (κ1) is 17.2. The number of alkyl halides is 8. The number of ketones is 1. The van der Waals surface area contributed by atoms with Gasteiger partial charge in [-0.3, -0.25) is 4.79 Å². The molecule has 0 rings (SSSR count). The molecule has 0 saturated heterocycles. The van der Waals surface area contributed by atoms with Gasteiger partial charge in [0.15, 0.2) is 0 Å². The second kappa shape index (κ2) is 5.06. The van der Waals surface area contributed by atoms with Crippen LogP contribution >= 0.6 is 12.6 Å². The van der Waals surface area contributed by atoms with E-state index >= 15 is 0 Å². The summed E-state index contributed by atoms with van der Waals surface area (Å²) < 4.78 is 99.0. The number of rotatable bonds is 5. The van der Waals surface area contributed by atoms with Gasteiger partial charge in [-0.15, -0.1) is 12.6 Å². The first-order valence-electron chi connectivity index (χ1n) is 4.11. The standard InChI is InChI=1S/C8H6F8OS/c1-3(18)2-4(17)6(11,12)8(15,16)7(13,14)5(9)10/h2,5,18H,1H3. The Morgan fingerprint density at radius 1 is 1.11 bits per heavy atom. The summed E-state index contributed by atoms with van der Waals surface area (Å²) in [6, 6.07) is 0. The third kappa shape index (κ3) is 2.78. The Balaban J connectivity index is 5.59. The molecule has 0 unspecified atom stereocenters. The molecule has 0 aliphatic heterocycles. The quantitative estimate of drug-likeness (QED) is 0.467. The van der Waals surface area contributed by atoms with Crippen LogP contribution in [-0.4, -0.2) is 30.0 Å². The van der Waals surface area contributed by atoms with Crippen molar-refractivity contribution >= 4 is 18.4 Å². The lowest BCUT2D eigenvalue weighted by Gasteiger charge is -2.30. The molecule has 10 heteroatoms. The fourth-order valence-corrected chi connectivity index (χ4v) is 0.899. The fourth-order valence-electron chi connectivity index (χ4n) is 0.781. The molecular formula is C8H6F8OS. The zero-order valence-corrected chi connectivity index (χ0v) is 9.43. The number of hydrogen-bond donors (Lipinski definition) is 1. The second-order valence-electron chi connectivity index (χ2n) is 3.22.